The number of aromatic nitrogens is 2. The predicted molar refractivity (Wildman–Crippen MR) is 236 cm³/mol. The maximum Gasteiger partial charge on any atom is 0.302 e. The third-order valence-electron chi connectivity index (χ3n) is 12.0. The summed E-state index contributed by atoms with van der Waals surface area (Å²) in [4.78, 5) is 86.4. The molecule has 2 aromatic carbocycles. The average Bonchev–Trinajstić information content (AvgIpc) is 3.99. The fourth-order valence-corrected chi connectivity index (χ4v) is 8.43. The van der Waals surface area contributed by atoms with Crippen molar-refractivity contribution in [1.29, 1.82) is 0 Å². The number of carbonyl (C=O) groups excluding carboxylic acids is 6. The molecule has 0 radical (unpaired) electrons. The van der Waals surface area contributed by atoms with Gasteiger partial charge in [0.2, 0.25) is 23.6 Å². The van der Waals surface area contributed by atoms with Crippen molar-refractivity contribution in [1.82, 2.24) is 41.0 Å². The van der Waals surface area contributed by atoms with Crippen LogP contribution >= 0.6 is 0 Å². The number of aromatic amines is 2. The number of halogens is 2. The highest BCUT2D eigenvalue weighted by Crippen LogP contribution is 2.40. The second-order valence-corrected chi connectivity index (χ2v) is 16.4. The van der Waals surface area contributed by atoms with Gasteiger partial charge in [0, 0.05) is 61.9 Å². The molecule has 64 heavy (non-hydrogen) atoms. The van der Waals surface area contributed by atoms with E-state index in [1.54, 1.807) is 41.8 Å². The number of amides is 4. The van der Waals surface area contributed by atoms with Crippen molar-refractivity contribution in [2.75, 3.05) is 27.2 Å². The van der Waals surface area contributed by atoms with Gasteiger partial charge in [-0.05, 0) is 101 Å². The minimum absolute atomic E-state index is 0.0227. The Kier molecular flexibility index (Phi) is 13.4. The molecule has 0 saturated carbocycles. The van der Waals surface area contributed by atoms with E-state index in [0.717, 1.165) is 28.9 Å². The summed E-state index contributed by atoms with van der Waals surface area (Å²) in [6, 6.07) is -0.968. The molecule has 2 saturated heterocycles. The van der Waals surface area contributed by atoms with Crippen LogP contribution in [0.2, 0.25) is 1.41 Å². The number of likely N-dealkylation sites (N-methyl/N-ethyl adjacent to an activating group) is 2. The number of nitrogens with one attached hydrogen (secondary N) is 6. The lowest BCUT2D eigenvalue weighted by atomic mass is 9.94. The van der Waals surface area contributed by atoms with E-state index in [1.807, 2.05) is 0 Å². The van der Waals surface area contributed by atoms with Crippen LogP contribution in [0.5, 0.6) is 0 Å². The van der Waals surface area contributed by atoms with Gasteiger partial charge in [-0.1, -0.05) is 13.8 Å². The van der Waals surface area contributed by atoms with Crippen LogP contribution in [0.3, 0.4) is 0 Å². The second-order valence-electron chi connectivity index (χ2n) is 16.4. The molecular formula is C46H60F2N8O8. The Morgan fingerprint density at radius 1 is 0.812 bits per heavy atom. The first-order chi connectivity index (χ1) is 32.1. The van der Waals surface area contributed by atoms with Crippen LogP contribution in [0.1, 0.15) is 82.4 Å². The maximum atomic E-state index is 15.3. The quantitative estimate of drug-likeness (QED) is 0.0847. The standard InChI is InChI=1S/C46H60F2N8O8/c1-9-37(53-43(59)23(3)49-7)45(61)55-21-31(63-25(5)57)17-29(55)19-35-33-13-11-27(47)15-39(33)51-41(35)42-36(34-14-12-28(48)16-40(34)52-42)20-30-18-32(64-26(6)58)22-56(30)46(62)38(10-2)54-44(60)24(4)50-8/h11-16,23-24,29-32,37-38,49-52H,9-10,17-22H2,1-8H3,(H,53,59)(H,54,60)/i13D,18D,30D/hD. The second kappa shape index (κ2) is 20.3. The Labute approximate surface area is 376 Å². The van der Waals surface area contributed by atoms with Crippen LogP contribution in [-0.4, -0.2) is 131 Å². The van der Waals surface area contributed by atoms with Gasteiger partial charge in [-0.25, -0.2) is 8.78 Å². The van der Waals surface area contributed by atoms with Gasteiger partial charge < -0.3 is 50.5 Å². The number of nitrogens with zero attached hydrogens (tertiary/aromatic N) is 2. The molecule has 0 bridgehead atoms. The summed E-state index contributed by atoms with van der Waals surface area (Å²) < 4.78 is 79.6. The van der Waals surface area contributed by atoms with Gasteiger partial charge in [0.25, 0.3) is 0 Å². The predicted octanol–water partition coefficient (Wildman–Crippen LogP) is 3.75. The lowest BCUT2D eigenvalue weighted by Crippen LogP contribution is -2.53. The Balaban J connectivity index is 1.54. The van der Waals surface area contributed by atoms with Crippen LogP contribution in [0, 0.1) is 11.6 Å². The zero-order valence-corrected chi connectivity index (χ0v) is 37.3. The number of benzene rings is 2. The number of carbonyl (C=O) groups is 6. The first kappa shape index (κ1) is 42.1. The van der Waals surface area contributed by atoms with E-state index in [0.29, 0.717) is 5.39 Å². The lowest BCUT2D eigenvalue weighted by molar-refractivity contribution is -0.147. The Morgan fingerprint density at radius 2 is 1.36 bits per heavy atom. The van der Waals surface area contributed by atoms with Gasteiger partial charge in [-0.15, -0.1) is 0 Å². The van der Waals surface area contributed by atoms with Gasteiger partial charge in [0.15, 0.2) is 1.41 Å². The summed E-state index contributed by atoms with van der Waals surface area (Å²) in [7, 11) is 3.17. The van der Waals surface area contributed by atoms with E-state index in [1.165, 1.54) is 30.0 Å². The highest BCUT2D eigenvalue weighted by Gasteiger charge is 2.43. The maximum absolute atomic E-state index is 15.3. The highest BCUT2D eigenvalue weighted by molar-refractivity contribution is 5.97. The van der Waals surface area contributed by atoms with Crippen molar-refractivity contribution in [2.24, 2.45) is 0 Å². The number of hydrogen-bond donors (Lipinski definition) is 6. The molecule has 18 heteroatoms. The zero-order valence-electron chi connectivity index (χ0n) is 41.3. The molecule has 2 aromatic heterocycles. The lowest BCUT2D eigenvalue weighted by Gasteiger charge is -2.30. The highest BCUT2D eigenvalue weighted by atomic mass is 19.1. The van der Waals surface area contributed by atoms with Crippen molar-refractivity contribution in [3.63, 3.8) is 0 Å². The summed E-state index contributed by atoms with van der Waals surface area (Å²) in [6.45, 7) is 8.55. The number of likely N-dealkylation sites (tertiary alicyclic amines) is 2. The van der Waals surface area contributed by atoms with Crippen LogP contribution in [0.4, 0.5) is 8.78 Å². The van der Waals surface area contributed by atoms with Crippen molar-refractivity contribution >= 4 is 57.4 Å². The fraction of sp³-hybridized carbons (Fsp3) is 0.522. The molecule has 0 spiro atoms. The average molecular weight is 895 g/mol. The molecule has 2 aliphatic heterocycles. The summed E-state index contributed by atoms with van der Waals surface area (Å²) in [5.74, 6) is -4.95. The van der Waals surface area contributed by atoms with Crippen LogP contribution in [0.15, 0.2) is 36.4 Å². The minimum atomic E-state index is -2.25. The summed E-state index contributed by atoms with van der Waals surface area (Å²) in [5.41, 5.74) is 0.714. The van der Waals surface area contributed by atoms with Crippen molar-refractivity contribution < 1.29 is 52.5 Å². The molecule has 346 valence electrons. The van der Waals surface area contributed by atoms with Gasteiger partial charge in [-0.2, -0.15) is 0 Å². The molecule has 9 atom stereocenters. The number of rotatable bonds is 17. The molecule has 0 aliphatic carbocycles. The van der Waals surface area contributed by atoms with E-state index in [9.17, 15) is 32.9 Å². The molecule has 6 N–H and O–H groups in total. The van der Waals surface area contributed by atoms with Crippen molar-refractivity contribution in [3.8, 4) is 11.4 Å². The van der Waals surface area contributed by atoms with Crippen LogP contribution < -0.4 is 21.3 Å². The molecule has 6 rings (SSSR count). The molecule has 4 heterocycles. The Hall–Kier alpha value is -5.88. The third-order valence-corrected chi connectivity index (χ3v) is 12.0. The fourth-order valence-electron chi connectivity index (χ4n) is 8.43. The molecule has 16 nitrogen and oxygen atoms in total. The van der Waals surface area contributed by atoms with E-state index in [-0.39, 0.29) is 83.7 Å². The normalized spacial score (nSPS) is 23.7. The molecule has 4 amide bonds. The number of esters is 2. The van der Waals surface area contributed by atoms with Gasteiger partial charge in [-0.3, -0.25) is 28.8 Å². The zero-order chi connectivity index (χ0) is 50.1. The van der Waals surface area contributed by atoms with Crippen molar-refractivity contribution in [3.05, 3.63) is 59.1 Å². The number of fused-ring (bicyclic) bond motifs is 2. The third kappa shape index (κ3) is 10.4. The van der Waals surface area contributed by atoms with Gasteiger partial charge in [0.1, 0.15) is 35.9 Å². The summed E-state index contributed by atoms with van der Waals surface area (Å²) in [6.07, 6.45) is -3.89. The van der Waals surface area contributed by atoms with Crippen LogP contribution in [0.25, 0.3) is 33.2 Å². The van der Waals surface area contributed by atoms with E-state index in [4.69, 9.17) is 10.8 Å². The summed E-state index contributed by atoms with van der Waals surface area (Å²) in [5, 5.41) is 11.6. The first-order valence-electron chi connectivity index (χ1n) is 23.6. The topological polar surface area (TPSA) is 207 Å². The minimum Gasteiger partial charge on any atom is -0.461 e. The van der Waals surface area contributed by atoms with E-state index < -0.39 is 108 Å². The monoisotopic (exact) mass is 894 g/mol. The number of ether oxygens (including phenoxy) is 2. The van der Waals surface area contributed by atoms with Crippen LogP contribution in [-0.2, 0) is 51.1 Å². The molecule has 2 fully saturated rings. The smallest absolute Gasteiger partial charge is 0.302 e. The Bertz CT molecular complexity index is 2610. The number of H-pyrrole nitrogens is 2. The van der Waals surface area contributed by atoms with E-state index in [2.05, 4.69) is 26.3 Å². The number of hydrogen-bond acceptors (Lipinski definition) is 10. The van der Waals surface area contributed by atoms with Gasteiger partial charge in [0.05, 0.1) is 39.3 Å². The molecular weight excluding hydrogens is 831 g/mol. The van der Waals surface area contributed by atoms with E-state index >= 15 is 8.78 Å². The Morgan fingerprint density at radius 3 is 1.95 bits per heavy atom. The molecule has 2 aliphatic rings. The molecule has 9 unspecified atom stereocenters. The first-order valence-corrected chi connectivity index (χ1v) is 21.6. The van der Waals surface area contributed by atoms with Gasteiger partial charge >= 0.3 is 11.9 Å². The summed E-state index contributed by atoms with van der Waals surface area (Å²) >= 11 is 0. The molecule has 4 aromatic rings. The largest absolute Gasteiger partial charge is 0.461 e. The van der Waals surface area contributed by atoms with Crippen molar-refractivity contribution in [2.45, 2.75) is 128 Å². The SMILES string of the molecule is [2H]c1cc(F)cc2c1c(CC1CC(OC(C)=O)CN1C(=O)C(CC)NC(=O)C(C)NC)c(-c1[nH]c3cc(F)ccc3c1CC1([2H])C([2H])C(OC(C)=O)CN1C(=O)C(CC)NC(=O)C(C)NC)n2[2H].